The molecule has 0 radical (unpaired) electrons. The molecule has 0 bridgehead atoms. The molecule has 0 aliphatic heterocycles. The molecule has 0 saturated heterocycles. The number of hydrogen-bond donors (Lipinski definition) is 1. The van der Waals surface area contributed by atoms with Gasteiger partial charge in [0, 0.05) is 38.0 Å². The summed E-state index contributed by atoms with van der Waals surface area (Å²) in [6, 6.07) is 13.3. The average Bonchev–Trinajstić information content (AvgIpc) is 2.69. The molecule has 0 fully saturated rings. The molecule has 0 saturated carbocycles. The summed E-state index contributed by atoms with van der Waals surface area (Å²) in [7, 11) is 1.97. The number of esters is 1. The molecule has 2 rings (SSSR count). The zero-order valence-corrected chi connectivity index (χ0v) is 16.0. The van der Waals surface area contributed by atoms with Gasteiger partial charge in [0.2, 0.25) is 0 Å². The van der Waals surface area contributed by atoms with Gasteiger partial charge in [-0.1, -0.05) is 29.8 Å². The van der Waals surface area contributed by atoms with Crippen molar-refractivity contribution >= 4 is 34.9 Å². The highest BCUT2D eigenvalue weighted by Crippen LogP contribution is 2.23. The number of rotatable bonds is 9. The molecule has 0 unspecified atom stereocenters. The van der Waals surface area contributed by atoms with Crippen molar-refractivity contribution < 1.29 is 19.2 Å². The zero-order chi connectivity index (χ0) is 20.5. The lowest BCUT2D eigenvalue weighted by Crippen LogP contribution is -2.31. The molecule has 0 aliphatic rings. The Balaban J connectivity index is 1.71. The smallest absolute Gasteiger partial charge is 0.340 e. The van der Waals surface area contributed by atoms with E-state index in [9.17, 15) is 19.7 Å². The minimum absolute atomic E-state index is 0.0375. The molecule has 1 N–H and O–H groups in total. The average molecular weight is 406 g/mol. The van der Waals surface area contributed by atoms with Gasteiger partial charge >= 0.3 is 5.97 Å². The van der Waals surface area contributed by atoms with E-state index < -0.39 is 23.4 Å². The fraction of sp³-hybridized carbons (Fsp3) is 0.263. The highest BCUT2D eigenvalue weighted by atomic mass is 35.5. The van der Waals surface area contributed by atoms with Crippen LogP contribution >= 0.6 is 11.6 Å². The van der Waals surface area contributed by atoms with Crippen molar-refractivity contribution in [1.82, 2.24) is 5.32 Å². The van der Waals surface area contributed by atoms with Crippen LogP contribution in [0.15, 0.2) is 48.5 Å². The molecule has 0 spiro atoms. The number of nitro groups is 1. The van der Waals surface area contributed by atoms with Crippen molar-refractivity contribution in [3.8, 4) is 0 Å². The topological polar surface area (TPSA) is 102 Å². The van der Waals surface area contributed by atoms with Crippen molar-refractivity contribution in [2.24, 2.45) is 0 Å². The summed E-state index contributed by atoms with van der Waals surface area (Å²) in [5, 5.41) is 13.2. The minimum atomic E-state index is -0.821. The molecule has 28 heavy (non-hydrogen) atoms. The van der Waals surface area contributed by atoms with E-state index in [-0.39, 0.29) is 16.3 Å². The molecule has 2 aromatic rings. The number of nitrogens with zero attached hydrogens (tertiary/aromatic N) is 2. The predicted octanol–water partition coefficient (Wildman–Crippen LogP) is 3.05. The molecule has 1 amide bonds. The van der Waals surface area contributed by atoms with E-state index in [1.807, 2.05) is 37.4 Å². The maximum absolute atomic E-state index is 12.0. The lowest BCUT2D eigenvalue weighted by molar-refractivity contribution is -0.384. The highest BCUT2D eigenvalue weighted by molar-refractivity contribution is 6.33. The van der Waals surface area contributed by atoms with Crippen molar-refractivity contribution in [2.75, 3.05) is 31.6 Å². The van der Waals surface area contributed by atoms with Crippen LogP contribution < -0.4 is 10.2 Å². The second-order valence-corrected chi connectivity index (χ2v) is 6.37. The number of benzene rings is 2. The summed E-state index contributed by atoms with van der Waals surface area (Å²) >= 11 is 5.86. The third-order valence-corrected chi connectivity index (χ3v) is 4.22. The summed E-state index contributed by atoms with van der Waals surface area (Å²) in [4.78, 5) is 35.9. The molecule has 0 aromatic heterocycles. The summed E-state index contributed by atoms with van der Waals surface area (Å²) in [5.74, 6) is -1.26. The van der Waals surface area contributed by atoms with Crippen LogP contribution in [0.2, 0.25) is 5.02 Å². The van der Waals surface area contributed by atoms with Crippen LogP contribution in [0, 0.1) is 10.1 Å². The van der Waals surface area contributed by atoms with Gasteiger partial charge in [0.25, 0.3) is 11.6 Å². The van der Waals surface area contributed by atoms with E-state index in [1.165, 1.54) is 6.07 Å². The number of hydrogen-bond acceptors (Lipinski definition) is 6. The molecule has 2 aromatic carbocycles. The number of carbonyl (C=O) groups is 2. The van der Waals surface area contributed by atoms with Gasteiger partial charge in [-0.15, -0.1) is 0 Å². The van der Waals surface area contributed by atoms with E-state index in [4.69, 9.17) is 16.3 Å². The van der Waals surface area contributed by atoms with Gasteiger partial charge < -0.3 is 15.0 Å². The van der Waals surface area contributed by atoms with Gasteiger partial charge in [-0.2, -0.15) is 0 Å². The van der Waals surface area contributed by atoms with Crippen LogP contribution in [0.3, 0.4) is 0 Å². The lowest BCUT2D eigenvalue weighted by Gasteiger charge is -2.19. The number of nitro benzene ring substituents is 1. The monoisotopic (exact) mass is 405 g/mol. The Morgan fingerprint density at radius 1 is 1.21 bits per heavy atom. The number of carbonyl (C=O) groups excluding carboxylic acids is 2. The molecule has 0 aliphatic carbocycles. The fourth-order valence-corrected chi connectivity index (χ4v) is 2.65. The first-order valence-electron chi connectivity index (χ1n) is 8.52. The Hall–Kier alpha value is -3.13. The summed E-state index contributed by atoms with van der Waals surface area (Å²) in [5.41, 5.74) is 0.812. The fourth-order valence-electron chi connectivity index (χ4n) is 2.40. The maximum atomic E-state index is 12.0. The molecule has 0 atom stereocenters. The van der Waals surface area contributed by atoms with E-state index in [0.717, 1.165) is 30.8 Å². The normalized spacial score (nSPS) is 10.2. The van der Waals surface area contributed by atoms with Gasteiger partial charge in [0.1, 0.15) is 0 Å². The molecule has 148 valence electrons. The molecule has 9 heteroatoms. The van der Waals surface area contributed by atoms with Gasteiger partial charge in [-0.05, 0) is 24.6 Å². The standard InChI is InChI=1S/C19H20ClN3O5/c1-22(14-6-3-2-4-7-14)11-5-10-21-18(24)13-28-19(25)16-9-8-15(23(26)27)12-17(16)20/h2-4,6-9,12H,5,10-11,13H2,1H3,(H,21,24). The SMILES string of the molecule is CN(CCCNC(=O)COC(=O)c1ccc([N+](=O)[O-])cc1Cl)c1ccccc1. The first-order valence-corrected chi connectivity index (χ1v) is 8.90. The van der Waals surface area contributed by atoms with Crippen LogP contribution in [0.25, 0.3) is 0 Å². The second-order valence-electron chi connectivity index (χ2n) is 5.96. The third-order valence-electron chi connectivity index (χ3n) is 3.91. The van der Waals surface area contributed by atoms with Gasteiger partial charge in [0.05, 0.1) is 15.5 Å². The van der Waals surface area contributed by atoms with Crippen LogP contribution in [0.1, 0.15) is 16.8 Å². The Bertz CT molecular complexity index is 845. The summed E-state index contributed by atoms with van der Waals surface area (Å²) in [6.07, 6.45) is 0.721. The van der Waals surface area contributed by atoms with Gasteiger partial charge in [-0.3, -0.25) is 14.9 Å². The van der Waals surface area contributed by atoms with Crippen LogP contribution in [0.5, 0.6) is 0 Å². The number of halogens is 1. The number of nitrogens with one attached hydrogen (secondary N) is 1. The van der Waals surface area contributed by atoms with Crippen molar-refractivity contribution in [2.45, 2.75) is 6.42 Å². The first-order chi connectivity index (χ1) is 13.4. The predicted molar refractivity (Wildman–Crippen MR) is 106 cm³/mol. The number of anilines is 1. The second kappa shape index (κ2) is 10.3. The van der Waals surface area contributed by atoms with Crippen molar-refractivity contribution in [1.29, 1.82) is 0 Å². The zero-order valence-electron chi connectivity index (χ0n) is 15.3. The van der Waals surface area contributed by atoms with Gasteiger partial charge in [0.15, 0.2) is 6.61 Å². The molecular weight excluding hydrogens is 386 g/mol. The number of ether oxygens (including phenoxy) is 1. The maximum Gasteiger partial charge on any atom is 0.340 e. The van der Waals surface area contributed by atoms with Crippen LogP contribution in [-0.2, 0) is 9.53 Å². The highest BCUT2D eigenvalue weighted by Gasteiger charge is 2.17. The number of para-hydroxylation sites is 1. The Kier molecular flexibility index (Phi) is 7.76. The lowest BCUT2D eigenvalue weighted by atomic mass is 10.2. The van der Waals surface area contributed by atoms with E-state index >= 15 is 0 Å². The summed E-state index contributed by atoms with van der Waals surface area (Å²) in [6.45, 7) is 0.731. The Morgan fingerprint density at radius 2 is 1.93 bits per heavy atom. The number of amides is 1. The Labute approximate surface area is 167 Å². The van der Waals surface area contributed by atoms with Crippen molar-refractivity contribution in [3.63, 3.8) is 0 Å². The van der Waals surface area contributed by atoms with E-state index in [2.05, 4.69) is 10.2 Å². The molecule has 0 heterocycles. The van der Waals surface area contributed by atoms with E-state index in [1.54, 1.807) is 0 Å². The van der Waals surface area contributed by atoms with E-state index in [0.29, 0.717) is 6.54 Å². The van der Waals surface area contributed by atoms with Crippen LogP contribution in [-0.4, -0.2) is 43.5 Å². The largest absolute Gasteiger partial charge is 0.452 e. The van der Waals surface area contributed by atoms with Crippen LogP contribution in [0.4, 0.5) is 11.4 Å². The third kappa shape index (κ3) is 6.24. The number of non-ortho nitro benzene ring substituents is 1. The summed E-state index contributed by atoms with van der Waals surface area (Å²) < 4.78 is 4.90. The first kappa shape index (κ1) is 21.2. The van der Waals surface area contributed by atoms with Gasteiger partial charge in [-0.25, -0.2) is 4.79 Å². The minimum Gasteiger partial charge on any atom is -0.452 e. The Morgan fingerprint density at radius 3 is 2.57 bits per heavy atom. The quantitative estimate of drug-likeness (QED) is 0.298. The van der Waals surface area contributed by atoms with Crippen molar-refractivity contribution in [3.05, 3.63) is 69.2 Å². The molecular formula is C19H20ClN3O5. The molecule has 8 nitrogen and oxygen atoms in total.